The van der Waals surface area contributed by atoms with Crippen molar-refractivity contribution >= 4 is 5.96 Å². The first-order valence-corrected chi connectivity index (χ1v) is 9.19. The van der Waals surface area contributed by atoms with Gasteiger partial charge in [-0.1, -0.05) is 6.92 Å². The van der Waals surface area contributed by atoms with Crippen LogP contribution < -0.4 is 15.4 Å². The summed E-state index contributed by atoms with van der Waals surface area (Å²) in [6.07, 6.45) is 2.49. The van der Waals surface area contributed by atoms with Crippen LogP contribution in [-0.2, 0) is 0 Å². The molecule has 0 saturated carbocycles. The molecule has 2 N–H and O–H groups in total. The summed E-state index contributed by atoms with van der Waals surface area (Å²) >= 11 is 0. The zero-order valence-corrected chi connectivity index (χ0v) is 15.6. The van der Waals surface area contributed by atoms with Crippen molar-refractivity contribution in [2.24, 2.45) is 10.9 Å². The third-order valence-electron chi connectivity index (χ3n) is 4.54. The molecule has 1 saturated heterocycles. The molecule has 2 unspecified atom stereocenters. The Morgan fingerprint density at radius 3 is 2.80 bits per heavy atom. The molecule has 0 aliphatic carbocycles. The Balaban J connectivity index is 1.69. The summed E-state index contributed by atoms with van der Waals surface area (Å²) in [4.78, 5) is 6.78. The highest BCUT2D eigenvalue weighted by molar-refractivity contribution is 5.79. The van der Waals surface area contributed by atoms with Gasteiger partial charge in [-0.15, -0.1) is 0 Å². The topological polar surface area (TPSA) is 48.9 Å². The Morgan fingerprint density at radius 1 is 1.36 bits per heavy atom. The van der Waals surface area contributed by atoms with E-state index in [9.17, 15) is 4.39 Å². The average Bonchev–Trinajstić information content (AvgIpc) is 2.64. The monoisotopic (exact) mass is 350 g/mol. The van der Waals surface area contributed by atoms with Crippen molar-refractivity contribution in [3.05, 3.63) is 30.1 Å². The molecule has 1 aliphatic rings. The van der Waals surface area contributed by atoms with Crippen molar-refractivity contribution < 1.29 is 9.13 Å². The first-order valence-electron chi connectivity index (χ1n) is 9.19. The van der Waals surface area contributed by atoms with Crippen LogP contribution in [0, 0.1) is 11.7 Å². The quantitative estimate of drug-likeness (QED) is 0.586. The molecule has 1 heterocycles. The van der Waals surface area contributed by atoms with Crippen molar-refractivity contribution in [3.63, 3.8) is 0 Å². The van der Waals surface area contributed by atoms with E-state index in [0.29, 0.717) is 18.2 Å². The smallest absolute Gasteiger partial charge is 0.191 e. The van der Waals surface area contributed by atoms with E-state index in [1.165, 1.54) is 31.5 Å². The van der Waals surface area contributed by atoms with Crippen LogP contribution >= 0.6 is 0 Å². The number of ether oxygens (including phenoxy) is 1. The van der Waals surface area contributed by atoms with Gasteiger partial charge in [-0.05, 0) is 63.0 Å². The van der Waals surface area contributed by atoms with E-state index in [-0.39, 0.29) is 11.9 Å². The van der Waals surface area contributed by atoms with Crippen LogP contribution in [0.25, 0.3) is 0 Å². The zero-order valence-electron chi connectivity index (χ0n) is 15.6. The standard InChI is InChI=1S/C19H31FN4O/c1-4-24-11-5-6-16(14-24)13-23-19(21-3)22-12-15(2)25-18-9-7-17(20)8-10-18/h7-10,15-16H,4-6,11-14H2,1-3H3,(H2,21,22,23). The lowest BCUT2D eigenvalue weighted by Crippen LogP contribution is -2.46. The van der Waals surface area contributed by atoms with Gasteiger partial charge in [0.15, 0.2) is 5.96 Å². The Morgan fingerprint density at radius 2 is 2.12 bits per heavy atom. The third kappa shape index (κ3) is 6.90. The van der Waals surface area contributed by atoms with E-state index >= 15 is 0 Å². The number of rotatable bonds is 7. The molecule has 2 atom stereocenters. The summed E-state index contributed by atoms with van der Waals surface area (Å²) in [7, 11) is 1.78. The molecular weight excluding hydrogens is 319 g/mol. The van der Waals surface area contributed by atoms with Gasteiger partial charge >= 0.3 is 0 Å². The van der Waals surface area contributed by atoms with Crippen LogP contribution in [0.4, 0.5) is 4.39 Å². The fraction of sp³-hybridized carbons (Fsp3) is 0.632. The largest absolute Gasteiger partial charge is 0.489 e. The number of nitrogens with one attached hydrogen (secondary N) is 2. The molecule has 1 aromatic carbocycles. The predicted molar refractivity (Wildman–Crippen MR) is 101 cm³/mol. The SMILES string of the molecule is CCN1CCCC(CNC(=NC)NCC(C)Oc2ccc(F)cc2)C1. The summed E-state index contributed by atoms with van der Waals surface area (Å²) < 4.78 is 18.7. The molecule has 0 amide bonds. The van der Waals surface area contributed by atoms with Gasteiger partial charge in [-0.25, -0.2) is 4.39 Å². The van der Waals surface area contributed by atoms with Crippen LogP contribution in [0.5, 0.6) is 5.75 Å². The zero-order chi connectivity index (χ0) is 18.1. The molecule has 0 aromatic heterocycles. The number of halogens is 1. The fourth-order valence-electron chi connectivity index (χ4n) is 3.09. The predicted octanol–water partition coefficient (Wildman–Crippen LogP) is 2.49. The lowest BCUT2D eigenvalue weighted by atomic mass is 9.98. The number of nitrogens with zero attached hydrogens (tertiary/aromatic N) is 2. The van der Waals surface area contributed by atoms with Gasteiger partial charge in [-0.3, -0.25) is 4.99 Å². The van der Waals surface area contributed by atoms with Crippen molar-refractivity contribution in [3.8, 4) is 5.75 Å². The van der Waals surface area contributed by atoms with Gasteiger partial charge in [-0.2, -0.15) is 0 Å². The highest BCUT2D eigenvalue weighted by Gasteiger charge is 2.18. The van der Waals surface area contributed by atoms with Crippen LogP contribution in [0.15, 0.2) is 29.3 Å². The van der Waals surface area contributed by atoms with E-state index in [1.54, 1.807) is 19.2 Å². The summed E-state index contributed by atoms with van der Waals surface area (Å²) in [5.41, 5.74) is 0. The number of benzene rings is 1. The number of piperidine rings is 1. The molecule has 5 nitrogen and oxygen atoms in total. The van der Waals surface area contributed by atoms with Crippen molar-refractivity contribution in [1.29, 1.82) is 0 Å². The van der Waals surface area contributed by atoms with E-state index in [1.807, 2.05) is 6.92 Å². The highest BCUT2D eigenvalue weighted by atomic mass is 19.1. The molecule has 1 aromatic rings. The minimum atomic E-state index is -0.257. The van der Waals surface area contributed by atoms with Crippen LogP contribution in [-0.4, -0.2) is 56.7 Å². The molecule has 25 heavy (non-hydrogen) atoms. The minimum Gasteiger partial charge on any atom is -0.489 e. The molecule has 140 valence electrons. The first-order chi connectivity index (χ1) is 12.1. The fourth-order valence-corrected chi connectivity index (χ4v) is 3.09. The minimum absolute atomic E-state index is 0.0470. The number of hydrogen-bond acceptors (Lipinski definition) is 3. The molecule has 0 bridgehead atoms. The molecule has 0 spiro atoms. The number of likely N-dealkylation sites (tertiary alicyclic amines) is 1. The van der Waals surface area contributed by atoms with Crippen molar-refractivity contribution in [2.75, 3.05) is 39.8 Å². The second kappa shape index (κ2) is 10.2. The maximum absolute atomic E-state index is 12.9. The molecular formula is C19H31FN4O. The Bertz CT molecular complexity index is 535. The van der Waals surface area contributed by atoms with Crippen LogP contribution in [0.3, 0.4) is 0 Å². The maximum atomic E-state index is 12.9. The molecule has 1 aliphatic heterocycles. The van der Waals surface area contributed by atoms with E-state index in [4.69, 9.17) is 4.74 Å². The first kappa shape index (κ1) is 19.5. The molecule has 0 radical (unpaired) electrons. The normalized spacial score (nSPS) is 20.2. The second-order valence-electron chi connectivity index (χ2n) is 6.62. The van der Waals surface area contributed by atoms with E-state index < -0.39 is 0 Å². The maximum Gasteiger partial charge on any atom is 0.191 e. The Labute approximate surface area is 150 Å². The second-order valence-corrected chi connectivity index (χ2v) is 6.62. The summed E-state index contributed by atoms with van der Waals surface area (Å²) in [6.45, 7) is 9.26. The van der Waals surface area contributed by atoms with E-state index in [0.717, 1.165) is 25.6 Å². The lowest BCUT2D eigenvalue weighted by molar-refractivity contribution is 0.183. The van der Waals surface area contributed by atoms with Crippen LogP contribution in [0.2, 0.25) is 0 Å². The van der Waals surface area contributed by atoms with E-state index in [2.05, 4.69) is 27.4 Å². The number of aliphatic imine (C=N–C) groups is 1. The molecule has 6 heteroatoms. The number of guanidine groups is 1. The number of hydrogen-bond donors (Lipinski definition) is 2. The molecule has 2 rings (SSSR count). The van der Waals surface area contributed by atoms with Crippen molar-refractivity contribution in [1.82, 2.24) is 15.5 Å². The van der Waals surface area contributed by atoms with Gasteiger partial charge in [0.1, 0.15) is 17.7 Å². The lowest BCUT2D eigenvalue weighted by Gasteiger charge is -2.32. The summed E-state index contributed by atoms with van der Waals surface area (Å²) in [5, 5.41) is 6.71. The third-order valence-corrected chi connectivity index (χ3v) is 4.54. The highest BCUT2D eigenvalue weighted by Crippen LogP contribution is 2.15. The summed E-state index contributed by atoms with van der Waals surface area (Å²) in [6, 6.07) is 6.09. The van der Waals surface area contributed by atoms with Gasteiger partial charge in [0, 0.05) is 20.1 Å². The van der Waals surface area contributed by atoms with Gasteiger partial charge in [0.05, 0.1) is 6.54 Å². The van der Waals surface area contributed by atoms with Crippen molar-refractivity contribution in [2.45, 2.75) is 32.8 Å². The van der Waals surface area contributed by atoms with Gasteiger partial charge < -0.3 is 20.3 Å². The summed E-state index contributed by atoms with van der Waals surface area (Å²) in [5.74, 6) is 1.87. The van der Waals surface area contributed by atoms with Crippen LogP contribution in [0.1, 0.15) is 26.7 Å². The van der Waals surface area contributed by atoms with Gasteiger partial charge in [0.2, 0.25) is 0 Å². The average molecular weight is 350 g/mol. The Kier molecular flexibility index (Phi) is 7.98. The molecule has 1 fully saturated rings. The van der Waals surface area contributed by atoms with Gasteiger partial charge in [0.25, 0.3) is 0 Å². The Hall–Kier alpha value is -1.82.